The Labute approximate surface area is 163 Å². The molecule has 0 saturated heterocycles. The molecule has 7 nitrogen and oxygen atoms in total. The van der Waals surface area contributed by atoms with Crippen LogP contribution in [-0.4, -0.2) is 61.1 Å². The van der Waals surface area contributed by atoms with Crippen LogP contribution in [-0.2, 0) is 0 Å². The second kappa shape index (κ2) is 6.37. The molecule has 0 saturated carbocycles. The number of rotatable bonds is 1. The highest BCUT2D eigenvalue weighted by Gasteiger charge is 2.31. The SMILES string of the molecule is CNC(=O)N1CC=C(C2=C3NN=C4C=Cc5cccc(c54)C3=NN(C)C2)CC1. The summed E-state index contributed by atoms with van der Waals surface area (Å²) in [5.74, 6) is 0. The number of fused-ring (bicyclic) bond motifs is 2. The van der Waals surface area contributed by atoms with Crippen molar-refractivity contribution in [2.75, 3.05) is 33.7 Å². The Bertz CT molecular complexity index is 1030. The third-order valence-electron chi connectivity index (χ3n) is 5.61. The first-order valence-corrected chi connectivity index (χ1v) is 9.50. The van der Waals surface area contributed by atoms with Gasteiger partial charge in [-0.1, -0.05) is 30.4 Å². The van der Waals surface area contributed by atoms with Crippen molar-refractivity contribution in [2.45, 2.75) is 6.42 Å². The van der Waals surface area contributed by atoms with Crippen molar-refractivity contribution in [3.8, 4) is 0 Å². The predicted molar refractivity (Wildman–Crippen MR) is 110 cm³/mol. The summed E-state index contributed by atoms with van der Waals surface area (Å²) in [4.78, 5) is 13.7. The van der Waals surface area contributed by atoms with Crippen LogP contribution in [0.2, 0.25) is 0 Å². The first-order valence-electron chi connectivity index (χ1n) is 9.50. The molecular weight excluding hydrogens is 352 g/mol. The second-order valence-corrected chi connectivity index (χ2v) is 7.31. The number of hydrogen-bond acceptors (Lipinski definition) is 5. The van der Waals surface area contributed by atoms with Gasteiger partial charge in [0.1, 0.15) is 5.71 Å². The van der Waals surface area contributed by atoms with E-state index < -0.39 is 0 Å². The van der Waals surface area contributed by atoms with Crippen molar-refractivity contribution in [3.05, 3.63) is 63.9 Å². The highest BCUT2D eigenvalue weighted by molar-refractivity contribution is 6.27. The molecule has 5 rings (SSSR count). The van der Waals surface area contributed by atoms with Crippen molar-refractivity contribution in [1.82, 2.24) is 20.7 Å². The molecular formula is C21H22N6O. The average Bonchev–Trinajstić information content (AvgIpc) is 3.07. The van der Waals surface area contributed by atoms with Crippen molar-refractivity contribution >= 4 is 23.5 Å². The Kier molecular flexibility index (Phi) is 3.82. The molecule has 0 atom stereocenters. The van der Waals surface area contributed by atoms with Gasteiger partial charge in [-0.2, -0.15) is 10.2 Å². The van der Waals surface area contributed by atoms with Crippen LogP contribution in [0.25, 0.3) is 6.08 Å². The number of amides is 2. The standard InChI is InChI=1S/C21H22N6O/c1-22-21(28)27-10-8-13(9-11-27)16-12-26(2)25-20-15-5-3-4-14-6-7-17(18(14)15)23-24-19(16)20/h3-8,24H,9-12H2,1-2H3,(H,22,28). The summed E-state index contributed by atoms with van der Waals surface area (Å²) < 4.78 is 0. The minimum Gasteiger partial charge on any atom is -0.341 e. The molecule has 0 bridgehead atoms. The Hall–Kier alpha value is -3.35. The lowest BCUT2D eigenvalue weighted by molar-refractivity contribution is 0.204. The van der Waals surface area contributed by atoms with Gasteiger partial charge >= 0.3 is 6.03 Å². The Morgan fingerprint density at radius 2 is 2.18 bits per heavy atom. The molecule has 0 unspecified atom stereocenters. The number of likely N-dealkylation sites (N-methyl/N-ethyl adjacent to an activating group) is 1. The van der Waals surface area contributed by atoms with Crippen molar-refractivity contribution < 1.29 is 4.79 Å². The van der Waals surface area contributed by atoms with Gasteiger partial charge in [0.15, 0.2) is 0 Å². The van der Waals surface area contributed by atoms with Gasteiger partial charge in [0, 0.05) is 43.9 Å². The molecule has 0 fully saturated rings. The van der Waals surface area contributed by atoms with E-state index in [1.807, 2.05) is 23.0 Å². The van der Waals surface area contributed by atoms with E-state index >= 15 is 0 Å². The van der Waals surface area contributed by atoms with Gasteiger partial charge in [-0.25, -0.2) is 4.79 Å². The van der Waals surface area contributed by atoms with Crippen LogP contribution in [0.5, 0.6) is 0 Å². The smallest absolute Gasteiger partial charge is 0.317 e. The molecule has 2 amide bonds. The quantitative estimate of drug-likeness (QED) is 0.789. The molecule has 0 aromatic heterocycles. The minimum absolute atomic E-state index is 0.0341. The lowest BCUT2D eigenvalue weighted by atomic mass is 9.90. The number of carbonyl (C=O) groups is 1. The van der Waals surface area contributed by atoms with Crippen LogP contribution in [0.1, 0.15) is 23.1 Å². The van der Waals surface area contributed by atoms with Gasteiger partial charge in [0.2, 0.25) is 0 Å². The molecule has 1 aromatic rings. The molecule has 3 aliphatic heterocycles. The molecule has 28 heavy (non-hydrogen) atoms. The zero-order chi connectivity index (χ0) is 19.3. The molecule has 0 radical (unpaired) electrons. The fourth-order valence-electron chi connectivity index (χ4n) is 4.22. The summed E-state index contributed by atoms with van der Waals surface area (Å²) >= 11 is 0. The van der Waals surface area contributed by atoms with E-state index in [0.717, 1.165) is 34.7 Å². The van der Waals surface area contributed by atoms with Crippen LogP contribution in [0.3, 0.4) is 0 Å². The van der Waals surface area contributed by atoms with Gasteiger partial charge in [-0.05, 0) is 23.6 Å². The van der Waals surface area contributed by atoms with E-state index in [9.17, 15) is 4.79 Å². The van der Waals surface area contributed by atoms with Gasteiger partial charge in [0.25, 0.3) is 0 Å². The van der Waals surface area contributed by atoms with Crippen LogP contribution in [0.15, 0.2) is 57.4 Å². The molecule has 1 aliphatic carbocycles. The van der Waals surface area contributed by atoms with Crippen LogP contribution < -0.4 is 10.7 Å². The van der Waals surface area contributed by atoms with E-state index in [-0.39, 0.29) is 6.03 Å². The zero-order valence-corrected chi connectivity index (χ0v) is 16.0. The molecule has 1 aromatic carbocycles. The normalized spacial score (nSPS) is 19.9. The molecule has 4 aliphatic rings. The maximum absolute atomic E-state index is 11.9. The predicted octanol–water partition coefficient (Wildman–Crippen LogP) is 1.90. The van der Waals surface area contributed by atoms with E-state index in [1.54, 1.807) is 7.05 Å². The topological polar surface area (TPSA) is 72.3 Å². The molecule has 0 spiro atoms. The maximum atomic E-state index is 11.9. The summed E-state index contributed by atoms with van der Waals surface area (Å²) in [6, 6.07) is 6.26. The van der Waals surface area contributed by atoms with Gasteiger partial charge in [-0.15, -0.1) is 0 Å². The van der Waals surface area contributed by atoms with Gasteiger partial charge in [-0.3, -0.25) is 10.4 Å². The lowest BCUT2D eigenvalue weighted by Gasteiger charge is -2.31. The number of nitrogens with one attached hydrogen (secondary N) is 2. The van der Waals surface area contributed by atoms with E-state index in [4.69, 9.17) is 5.10 Å². The van der Waals surface area contributed by atoms with Crippen LogP contribution in [0.4, 0.5) is 4.79 Å². The monoisotopic (exact) mass is 374 g/mol. The number of urea groups is 1. The molecule has 142 valence electrons. The minimum atomic E-state index is -0.0341. The molecule has 2 N–H and O–H groups in total. The Morgan fingerprint density at radius 3 is 2.96 bits per heavy atom. The molecule has 7 heteroatoms. The largest absolute Gasteiger partial charge is 0.341 e. The number of hydrazone groups is 2. The number of hydrogen-bond donors (Lipinski definition) is 2. The Balaban J connectivity index is 1.59. The summed E-state index contributed by atoms with van der Waals surface area (Å²) in [6.45, 7) is 2.03. The second-order valence-electron chi connectivity index (χ2n) is 7.31. The summed E-state index contributed by atoms with van der Waals surface area (Å²) in [5.41, 5.74) is 12.0. The number of carbonyl (C=O) groups excluding carboxylic acids is 1. The van der Waals surface area contributed by atoms with E-state index in [2.05, 4.69) is 46.2 Å². The lowest BCUT2D eigenvalue weighted by Crippen LogP contribution is -2.41. The maximum Gasteiger partial charge on any atom is 0.317 e. The highest BCUT2D eigenvalue weighted by Crippen LogP contribution is 2.33. The summed E-state index contributed by atoms with van der Waals surface area (Å²) in [5, 5.41) is 14.2. The van der Waals surface area contributed by atoms with Crippen LogP contribution in [0, 0.1) is 0 Å². The number of benzene rings is 1. The fourth-order valence-corrected chi connectivity index (χ4v) is 4.22. The Morgan fingerprint density at radius 1 is 1.29 bits per heavy atom. The first kappa shape index (κ1) is 16.8. The third-order valence-corrected chi connectivity index (χ3v) is 5.61. The van der Waals surface area contributed by atoms with Crippen molar-refractivity contribution in [3.63, 3.8) is 0 Å². The van der Waals surface area contributed by atoms with E-state index in [1.165, 1.54) is 16.7 Å². The molecule has 3 heterocycles. The van der Waals surface area contributed by atoms with Crippen molar-refractivity contribution in [2.24, 2.45) is 10.2 Å². The number of nitrogens with zero attached hydrogens (tertiary/aromatic N) is 4. The van der Waals surface area contributed by atoms with Gasteiger partial charge in [0.05, 0.1) is 18.0 Å². The zero-order valence-electron chi connectivity index (χ0n) is 16.0. The number of allylic oxidation sites excluding steroid dienone is 2. The average molecular weight is 374 g/mol. The van der Waals surface area contributed by atoms with Crippen molar-refractivity contribution in [1.29, 1.82) is 0 Å². The van der Waals surface area contributed by atoms with Gasteiger partial charge < -0.3 is 10.2 Å². The fraction of sp³-hybridized carbons (Fsp3) is 0.286. The third kappa shape index (κ3) is 2.54. The summed E-state index contributed by atoms with van der Waals surface area (Å²) in [7, 11) is 3.66. The van der Waals surface area contributed by atoms with E-state index in [0.29, 0.717) is 19.6 Å². The summed E-state index contributed by atoms with van der Waals surface area (Å²) in [6.07, 6.45) is 7.11. The highest BCUT2D eigenvalue weighted by atomic mass is 16.2. The van der Waals surface area contributed by atoms with Crippen LogP contribution >= 0.6 is 0 Å². The first-order chi connectivity index (χ1) is 13.7.